The van der Waals surface area contributed by atoms with E-state index in [-0.39, 0.29) is 11.7 Å². The largest absolute Gasteiger partial charge is 0.493 e. The van der Waals surface area contributed by atoms with Crippen LogP contribution in [0.4, 0.5) is 0 Å². The Kier molecular flexibility index (Phi) is 9.85. The second-order valence-corrected chi connectivity index (χ2v) is 7.75. The highest BCUT2D eigenvalue weighted by molar-refractivity contribution is 9.10. The van der Waals surface area contributed by atoms with E-state index in [0.717, 1.165) is 17.3 Å². The maximum Gasteiger partial charge on any atom is 0.276 e. The molecule has 0 spiro atoms. The standard InChI is InChI=1S/C20H21BrClN3O4S/c1-2-3-10-28-16-7-5-4-6-14(16)19(27)23-20(30)25-24-18(26)12-29-17-9-8-13(21)11-15(17)22/h4-9,11H,2-3,10,12H2,1H3,(H,24,26)(H2,23,25,27,30). The van der Waals surface area contributed by atoms with E-state index in [2.05, 4.69) is 39.0 Å². The molecule has 0 unspecified atom stereocenters. The molecule has 0 aromatic heterocycles. The number of rotatable bonds is 8. The van der Waals surface area contributed by atoms with Crippen molar-refractivity contribution in [1.29, 1.82) is 0 Å². The number of halogens is 2. The van der Waals surface area contributed by atoms with Crippen molar-refractivity contribution in [3.63, 3.8) is 0 Å². The highest BCUT2D eigenvalue weighted by Gasteiger charge is 2.14. The molecule has 30 heavy (non-hydrogen) atoms. The number of nitrogens with one attached hydrogen (secondary N) is 3. The van der Waals surface area contributed by atoms with Gasteiger partial charge in [0.05, 0.1) is 17.2 Å². The molecule has 3 N–H and O–H groups in total. The third kappa shape index (κ3) is 7.81. The van der Waals surface area contributed by atoms with Gasteiger partial charge in [0.1, 0.15) is 11.5 Å². The first-order valence-electron chi connectivity index (χ1n) is 9.10. The first-order chi connectivity index (χ1) is 14.4. The number of ether oxygens (including phenoxy) is 2. The molecule has 0 bridgehead atoms. The van der Waals surface area contributed by atoms with Gasteiger partial charge in [0.25, 0.3) is 11.8 Å². The van der Waals surface area contributed by atoms with Crippen LogP contribution in [0.25, 0.3) is 0 Å². The Morgan fingerprint density at radius 1 is 1.10 bits per heavy atom. The van der Waals surface area contributed by atoms with Gasteiger partial charge in [-0.3, -0.25) is 25.8 Å². The van der Waals surface area contributed by atoms with Crippen LogP contribution in [0, 0.1) is 0 Å². The van der Waals surface area contributed by atoms with Gasteiger partial charge >= 0.3 is 0 Å². The smallest absolute Gasteiger partial charge is 0.276 e. The highest BCUT2D eigenvalue weighted by Crippen LogP contribution is 2.27. The van der Waals surface area contributed by atoms with Gasteiger partial charge in [-0.25, -0.2) is 0 Å². The summed E-state index contributed by atoms with van der Waals surface area (Å²) in [5.74, 6) is -0.124. The lowest BCUT2D eigenvalue weighted by Gasteiger charge is -2.14. The predicted molar refractivity (Wildman–Crippen MR) is 123 cm³/mol. The zero-order chi connectivity index (χ0) is 21.9. The van der Waals surface area contributed by atoms with E-state index in [0.29, 0.717) is 28.7 Å². The number of benzene rings is 2. The van der Waals surface area contributed by atoms with Crippen molar-refractivity contribution in [3.8, 4) is 11.5 Å². The summed E-state index contributed by atoms with van der Waals surface area (Å²) in [5, 5.41) is 2.79. The molecule has 0 aliphatic heterocycles. The minimum absolute atomic E-state index is 0.0709. The molecule has 0 aliphatic carbocycles. The Labute approximate surface area is 193 Å². The quantitative estimate of drug-likeness (QED) is 0.280. The molecule has 2 rings (SSSR count). The number of hydrazine groups is 1. The summed E-state index contributed by atoms with van der Waals surface area (Å²) in [4.78, 5) is 24.4. The van der Waals surface area contributed by atoms with Crippen LogP contribution < -0.4 is 25.6 Å². The van der Waals surface area contributed by atoms with E-state index >= 15 is 0 Å². The van der Waals surface area contributed by atoms with Crippen molar-refractivity contribution in [3.05, 3.63) is 57.5 Å². The summed E-state index contributed by atoms with van der Waals surface area (Å²) < 4.78 is 11.8. The van der Waals surface area contributed by atoms with Gasteiger partial charge in [0.2, 0.25) is 0 Å². The molecule has 0 heterocycles. The lowest BCUT2D eigenvalue weighted by atomic mass is 10.2. The number of para-hydroxylation sites is 1. The van der Waals surface area contributed by atoms with E-state index in [4.69, 9.17) is 33.3 Å². The molecule has 0 fully saturated rings. The summed E-state index contributed by atoms with van der Waals surface area (Å²) in [7, 11) is 0. The Morgan fingerprint density at radius 3 is 2.60 bits per heavy atom. The van der Waals surface area contributed by atoms with E-state index in [1.165, 1.54) is 0 Å². The van der Waals surface area contributed by atoms with E-state index < -0.39 is 11.8 Å². The molecule has 0 saturated heterocycles. The average molecular weight is 515 g/mol. The third-order valence-electron chi connectivity index (χ3n) is 3.68. The van der Waals surface area contributed by atoms with E-state index in [1.54, 1.807) is 42.5 Å². The number of amides is 2. The van der Waals surface area contributed by atoms with Gasteiger partial charge in [-0.05, 0) is 49.0 Å². The van der Waals surface area contributed by atoms with Gasteiger partial charge in [0.15, 0.2) is 11.7 Å². The van der Waals surface area contributed by atoms with E-state index in [1.807, 2.05) is 0 Å². The Bertz CT molecular complexity index is 913. The fourth-order valence-electron chi connectivity index (χ4n) is 2.21. The number of carbonyl (C=O) groups is 2. The lowest BCUT2D eigenvalue weighted by molar-refractivity contribution is -0.123. The van der Waals surface area contributed by atoms with Gasteiger partial charge in [-0.1, -0.05) is 53.0 Å². The summed E-state index contributed by atoms with van der Waals surface area (Å²) >= 11 is 14.4. The van der Waals surface area contributed by atoms with Crippen LogP contribution in [0.5, 0.6) is 11.5 Å². The van der Waals surface area contributed by atoms with Crippen LogP contribution in [0.2, 0.25) is 5.02 Å². The highest BCUT2D eigenvalue weighted by atomic mass is 79.9. The van der Waals surface area contributed by atoms with Gasteiger partial charge < -0.3 is 9.47 Å². The zero-order valence-corrected chi connectivity index (χ0v) is 19.3. The minimum Gasteiger partial charge on any atom is -0.493 e. The molecule has 0 atom stereocenters. The van der Waals surface area contributed by atoms with Crippen LogP contribution in [0.1, 0.15) is 30.1 Å². The first kappa shape index (κ1) is 23.9. The summed E-state index contributed by atoms with van der Waals surface area (Å²) in [6.07, 6.45) is 1.87. The van der Waals surface area contributed by atoms with Crippen LogP contribution in [0.3, 0.4) is 0 Å². The van der Waals surface area contributed by atoms with Crippen molar-refractivity contribution in [2.75, 3.05) is 13.2 Å². The molecule has 0 saturated carbocycles. The molecule has 2 aromatic rings. The molecular weight excluding hydrogens is 494 g/mol. The monoisotopic (exact) mass is 513 g/mol. The Morgan fingerprint density at radius 2 is 1.87 bits per heavy atom. The molecule has 0 radical (unpaired) electrons. The Balaban J connectivity index is 1.80. The van der Waals surface area contributed by atoms with Crippen LogP contribution in [-0.4, -0.2) is 30.1 Å². The first-order valence-corrected chi connectivity index (χ1v) is 10.7. The Hall–Kier alpha value is -2.36. The number of thiocarbonyl (C=S) groups is 1. The zero-order valence-electron chi connectivity index (χ0n) is 16.2. The third-order valence-corrected chi connectivity index (χ3v) is 4.68. The second kappa shape index (κ2) is 12.4. The molecule has 2 aromatic carbocycles. The van der Waals surface area contributed by atoms with Crippen molar-refractivity contribution in [1.82, 2.24) is 16.2 Å². The van der Waals surface area contributed by atoms with E-state index in [9.17, 15) is 9.59 Å². The van der Waals surface area contributed by atoms with Crippen LogP contribution in [-0.2, 0) is 4.79 Å². The van der Waals surface area contributed by atoms with Gasteiger partial charge in [-0.2, -0.15) is 0 Å². The van der Waals surface area contributed by atoms with Crippen molar-refractivity contribution < 1.29 is 19.1 Å². The number of hydrogen-bond acceptors (Lipinski definition) is 5. The van der Waals surface area contributed by atoms with Crippen molar-refractivity contribution >= 4 is 56.7 Å². The molecule has 7 nitrogen and oxygen atoms in total. The maximum atomic E-state index is 12.5. The SMILES string of the molecule is CCCCOc1ccccc1C(=O)NC(=S)NNC(=O)COc1ccc(Br)cc1Cl. The molecule has 0 aliphatic rings. The molecular formula is C20H21BrClN3O4S. The van der Waals surface area contributed by atoms with Crippen LogP contribution >= 0.6 is 39.7 Å². The topological polar surface area (TPSA) is 88.7 Å². The molecule has 160 valence electrons. The number of unbranched alkanes of at least 4 members (excludes halogenated alkanes) is 1. The molecule has 10 heteroatoms. The summed E-state index contributed by atoms with van der Waals surface area (Å²) in [6.45, 7) is 2.28. The normalized spacial score (nSPS) is 10.1. The fourth-order valence-corrected chi connectivity index (χ4v) is 3.08. The predicted octanol–water partition coefficient (Wildman–Crippen LogP) is 4.00. The molecule has 2 amide bonds. The van der Waals surface area contributed by atoms with Gasteiger partial charge in [-0.15, -0.1) is 0 Å². The maximum absolute atomic E-state index is 12.5. The lowest BCUT2D eigenvalue weighted by Crippen LogP contribution is -2.49. The number of carbonyl (C=O) groups excluding carboxylic acids is 2. The minimum atomic E-state index is -0.506. The van der Waals surface area contributed by atoms with Crippen LogP contribution in [0.15, 0.2) is 46.9 Å². The average Bonchev–Trinajstić information content (AvgIpc) is 2.72. The number of hydrogen-bond donors (Lipinski definition) is 3. The van der Waals surface area contributed by atoms with Crippen molar-refractivity contribution in [2.45, 2.75) is 19.8 Å². The van der Waals surface area contributed by atoms with Gasteiger partial charge in [0, 0.05) is 4.47 Å². The summed E-state index contributed by atoms with van der Waals surface area (Å²) in [5.41, 5.74) is 5.14. The second-order valence-electron chi connectivity index (χ2n) is 6.02. The fraction of sp³-hybridized carbons (Fsp3) is 0.250. The van der Waals surface area contributed by atoms with Crippen molar-refractivity contribution in [2.24, 2.45) is 0 Å². The summed E-state index contributed by atoms with van der Waals surface area (Å²) in [6, 6.07) is 11.9.